The Balaban J connectivity index is 2.06. The number of hydrogen-bond acceptors (Lipinski definition) is 3. The average Bonchev–Trinajstić information content (AvgIpc) is 2.70. The Morgan fingerprint density at radius 3 is 2.13 bits per heavy atom. The van der Waals surface area contributed by atoms with E-state index in [1.165, 1.54) is 0 Å². The molecule has 0 aromatic heterocycles. The van der Waals surface area contributed by atoms with Gasteiger partial charge in [-0.3, -0.25) is 14.4 Å². The maximum atomic E-state index is 12.9. The first-order valence-electron chi connectivity index (χ1n) is 11.1. The normalized spacial score (nSPS) is 15.9. The van der Waals surface area contributed by atoms with Crippen LogP contribution in [0.4, 0.5) is 0 Å². The van der Waals surface area contributed by atoms with Gasteiger partial charge >= 0.3 is 0 Å². The van der Waals surface area contributed by atoms with Crippen molar-refractivity contribution in [3.8, 4) is 0 Å². The number of benzene rings is 1. The highest BCUT2D eigenvalue weighted by atomic mass is 16.2. The summed E-state index contributed by atoms with van der Waals surface area (Å²) >= 11 is 0. The van der Waals surface area contributed by atoms with Crippen molar-refractivity contribution >= 4 is 17.7 Å². The predicted octanol–water partition coefficient (Wildman–Crippen LogP) is 3.15. The summed E-state index contributed by atoms with van der Waals surface area (Å²) in [7, 11) is 0. The quantitative estimate of drug-likeness (QED) is 0.685. The van der Waals surface area contributed by atoms with Crippen molar-refractivity contribution in [2.45, 2.75) is 59.9 Å². The van der Waals surface area contributed by atoms with Crippen LogP contribution < -0.4 is 10.6 Å². The molecule has 3 amide bonds. The molecule has 2 rings (SSSR count). The van der Waals surface area contributed by atoms with Crippen LogP contribution in [0.3, 0.4) is 0 Å². The lowest BCUT2D eigenvalue weighted by molar-refractivity contribution is -0.133. The zero-order valence-electron chi connectivity index (χ0n) is 19.0. The number of amides is 3. The second-order valence-corrected chi connectivity index (χ2v) is 9.27. The lowest BCUT2D eigenvalue weighted by Gasteiger charge is -2.36. The Kier molecular flexibility index (Phi) is 8.88. The molecule has 30 heavy (non-hydrogen) atoms. The predicted molar refractivity (Wildman–Crippen MR) is 119 cm³/mol. The Hall–Kier alpha value is -2.37. The van der Waals surface area contributed by atoms with Crippen molar-refractivity contribution in [1.82, 2.24) is 15.5 Å². The molecule has 0 saturated carbocycles. The number of carbonyl (C=O) groups excluding carboxylic acids is 3. The van der Waals surface area contributed by atoms with E-state index in [0.717, 1.165) is 5.56 Å². The number of likely N-dealkylation sites (tertiary alicyclic amines) is 1. The van der Waals surface area contributed by atoms with Crippen LogP contribution in [0.25, 0.3) is 0 Å². The summed E-state index contributed by atoms with van der Waals surface area (Å²) in [6, 6.07) is 6.74. The van der Waals surface area contributed by atoms with E-state index in [1.54, 1.807) is 12.1 Å². The molecule has 1 unspecified atom stereocenters. The molecule has 1 saturated heterocycles. The number of nitrogens with zero attached hydrogens (tertiary/aromatic N) is 1. The molecule has 6 nitrogen and oxygen atoms in total. The Morgan fingerprint density at radius 1 is 1.00 bits per heavy atom. The SMILES string of the molecule is Cc1ccc(C(=O)NC(C(=O)NCC(C)C)C2CCN(C(=O)CC(C)C)CC2)cc1. The van der Waals surface area contributed by atoms with Gasteiger partial charge in [-0.1, -0.05) is 45.4 Å². The Labute approximate surface area is 180 Å². The topological polar surface area (TPSA) is 78.5 Å². The number of hydrogen-bond donors (Lipinski definition) is 2. The molecule has 1 aliphatic heterocycles. The maximum absolute atomic E-state index is 12.9. The van der Waals surface area contributed by atoms with E-state index in [1.807, 2.05) is 51.7 Å². The van der Waals surface area contributed by atoms with Gasteiger partial charge in [-0.05, 0) is 49.7 Å². The van der Waals surface area contributed by atoms with Gasteiger partial charge in [-0.15, -0.1) is 0 Å². The molecule has 0 aliphatic carbocycles. The molecule has 6 heteroatoms. The number of nitrogens with one attached hydrogen (secondary N) is 2. The van der Waals surface area contributed by atoms with Crippen molar-refractivity contribution in [3.63, 3.8) is 0 Å². The van der Waals surface area contributed by atoms with Gasteiger partial charge in [0.25, 0.3) is 5.91 Å². The summed E-state index contributed by atoms with van der Waals surface area (Å²) in [6.07, 6.45) is 1.96. The highest BCUT2D eigenvalue weighted by molar-refractivity contribution is 5.97. The lowest BCUT2D eigenvalue weighted by atomic mass is 9.88. The van der Waals surface area contributed by atoms with E-state index in [2.05, 4.69) is 10.6 Å². The molecule has 0 radical (unpaired) electrons. The van der Waals surface area contributed by atoms with Gasteiger partial charge in [0.2, 0.25) is 11.8 Å². The summed E-state index contributed by atoms with van der Waals surface area (Å²) in [6.45, 7) is 12.0. The van der Waals surface area contributed by atoms with Crippen LogP contribution in [0, 0.1) is 24.7 Å². The number of piperidine rings is 1. The molecule has 1 fully saturated rings. The van der Waals surface area contributed by atoms with E-state index in [0.29, 0.717) is 56.3 Å². The van der Waals surface area contributed by atoms with Gasteiger partial charge in [0, 0.05) is 31.6 Å². The highest BCUT2D eigenvalue weighted by Gasteiger charge is 2.34. The standard InChI is InChI=1S/C24H37N3O3/c1-16(2)14-21(28)27-12-10-19(11-13-27)22(24(30)25-15-17(3)4)26-23(29)20-8-6-18(5)7-9-20/h6-9,16-17,19,22H,10-15H2,1-5H3,(H,25,30)(H,26,29). The third kappa shape index (κ3) is 7.15. The fourth-order valence-electron chi connectivity index (χ4n) is 3.70. The average molecular weight is 416 g/mol. The van der Waals surface area contributed by atoms with Crippen LogP contribution >= 0.6 is 0 Å². The van der Waals surface area contributed by atoms with Gasteiger partial charge < -0.3 is 15.5 Å². The minimum Gasteiger partial charge on any atom is -0.354 e. The first kappa shape index (κ1) is 23.9. The van der Waals surface area contributed by atoms with Crippen LogP contribution in [0.2, 0.25) is 0 Å². The molecular weight excluding hydrogens is 378 g/mol. The fourth-order valence-corrected chi connectivity index (χ4v) is 3.70. The van der Waals surface area contributed by atoms with Crippen LogP contribution in [0.15, 0.2) is 24.3 Å². The van der Waals surface area contributed by atoms with Crippen molar-refractivity contribution in [2.75, 3.05) is 19.6 Å². The highest BCUT2D eigenvalue weighted by Crippen LogP contribution is 2.23. The summed E-state index contributed by atoms with van der Waals surface area (Å²) < 4.78 is 0. The van der Waals surface area contributed by atoms with Crippen LogP contribution in [0.1, 0.15) is 62.9 Å². The van der Waals surface area contributed by atoms with E-state index in [-0.39, 0.29) is 23.6 Å². The first-order valence-corrected chi connectivity index (χ1v) is 11.1. The van der Waals surface area contributed by atoms with Gasteiger partial charge in [-0.2, -0.15) is 0 Å². The largest absolute Gasteiger partial charge is 0.354 e. The molecule has 1 aromatic rings. The van der Waals surface area contributed by atoms with E-state index in [9.17, 15) is 14.4 Å². The van der Waals surface area contributed by atoms with Gasteiger partial charge in [0.05, 0.1) is 0 Å². The third-order valence-electron chi connectivity index (χ3n) is 5.51. The maximum Gasteiger partial charge on any atom is 0.251 e. The van der Waals surface area contributed by atoms with Gasteiger partial charge in [-0.25, -0.2) is 0 Å². The van der Waals surface area contributed by atoms with Crippen molar-refractivity contribution in [2.24, 2.45) is 17.8 Å². The fraction of sp³-hybridized carbons (Fsp3) is 0.625. The number of rotatable bonds is 8. The molecule has 0 spiro atoms. The van der Waals surface area contributed by atoms with Crippen LogP contribution in [0.5, 0.6) is 0 Å². The minimum atomic E-state index is -0.597. The third-order valence-corrected chi connectivity index (χ3v) is 5.51. The molecule has 166 valence electrons. The van der Waals surface area contributed by atoms with Crippen LogP contribution in [-0.4, -0.2) is 48.3 Å². The molecule has 1 aliphatic rings. The molecule has 1 atom stereocenters. The van der Waals surface area contributed by atoms with Crippen LogP contribution in [-0.2, 0) is 9.59 Å². The molecule has 1 aromatic carbocycles. The Morgan fingerprint density at radius 2 is 1.60 bits per heavy atom. The van der Waals surface area contributed by atoms with E-state index in [4.69, 9.17) is 0 Å². The molecule has 2 N–H and O–H groups in total. The van der Waals surface area contributed by atoms with Gasteiger partial charge in [0.15, 0.2) is 0 Å². The second kappa shape index (κ2) is 11.1. The summed E-state index contributed by atoms with van der Waals surface area (Å²) in [5.74, 6) is 0.466. The van der Waals surface area contributed by atoms with Crippen molar-refractivity contribution in [3.05, 3.63) is 35.4 Å². The molecular formula is C24H37N3O3. The van der Waals surface area contributed by atoms with Gasteiger partial charge in [0.1, 0.15) is 6.04 Å². The number of aryl methyl sites for hydroxylation is 1. The summed E-state index contributed by atoms with van der Waals surface area (Å²) in [5, 5.41) is 5.94. The number of carbonyl (C=O) groups is 3. The molecule has 0 bridgehead atoms. The summed E-state index contributed by atoms with van der Waals surface area (Å²) in [5.41, 5.74) is 1.63. The van der Waals surface area contributed by atoms with Crippen molar-refractivity contribution in [1.29, 1.82) is 0 Å². The van der Waals surface area contributed by atoms with E-state index < -0.39 is 6.04 Å². The zero-order chi connectivity index (χ0) is 22.3. The lowest BCUT2D eigenvalue weighted by Crippen LogP contribution is -2.54. The zero-order valence-corrected chi connectivity index (χ0v) is 19.0. The van der Waals surface area contributed by atoms with Crippen molar-refractivity contribution < 1.29 is 14.4 Å². The smallest absolute Gasteiger partial charge is 0.251 e. The minimum absolute atomic E-state index is 0.00895. The second-order valence-electron chi connectivity index (χ2n) is 9.27. The Bertz CT molecular complexity index is 720. The monoisotopic (exact) mass is 415 g/mol. The first-order chi connectivity index (χ1) is 14.2. The summed E-state index contributed by atoms with van der Waals surface area (Å²) in [4.78, 5) is 40.0. The van der Waals surface area contributed by atoms with E-state index >= 15 is 0 Å². The molecule has 1 heterocycles.